The molecule has 0 atom stereocenters. The van der Waals surface area contributed by atoms with E-state index in [1.54, 1.807) is 34.9 Å². The SMILES string of the molecule is C=CCn1c(SCC(=O)c2ccc(Cl)cc2)nc2c1c(=O)[nH]c(=O)n2C. The third-order valence-electron chi connectivity index (χ3n) is 3.78. The van der Waals surface area contributed by atoms with E-state index >= 15 is 0 Å². The Balaban J connectivity index is 1.97. The van der Waals surface area contributed by atoms with Crippen LogP contribution in [0.1, 0.15) is 10.4 Å². The minimum absolute atomic E-state index is 0.0910. The van der Waals surface area contributed by atoms with Crippen LogP contribution in [0.3, 0.4) is 0 Å². The number of nitrogens with zero attached hydrogens (tertiary/aromatic N) is 3. The van der Waals surface area contributed by atoms with Gasteiger partial charge in [-0.1, -0.05) is 29.4 Å². The predicted octanol–water partition coefficient (Wildman–Crippen LogP) is 2.24. The lowest BCUT2D eigenvalue weighted by molar-refractivity contribution is 0.102. The van der Waals surface area contributed by atoms with Crippen LogP contribution in [0.4, 0.5) is 0 Å². The van der Waals surface area contributed by atoms with Gasteiger partial charge in [0.2, 0.25) is 0 Å². The van der Waals surface area contributed by atoms with Crippen molar-refractivity contribution in [2.45, 2.75) is 11.7 Å². The van der Waals surface area contributed by atoms with Gasteiger partial charge in [0.05, 0.1) is 5.75 Å². The Morgan fingerprint density at radius 1 is 1.35 bits per heavy atom. The molecule has 0 aliphatic heterocycles. The van der Waals surface area contributed by atoms with Gasteiger partial charge in [-0.25, -0.2) is 9.78 Å². The quantitative estimate of drug-likeness (QED) is 0.396. The van der Waals surface area contributed by atoms with E-state index in [1.807, 2.05) is 0 Å². The summed E-state index contributed by atoms with van der Waals surface area (Å²) in [5, 5.41) is 1.02. The molecule has 7 nitrogen and oxygen atoms in total. The van der Waals surface area contributed by atoms with E-state index in [4.69, 9.17) is 11.6 Å². The van der Waals surface area contributed by atoms with Crippen LogP contribution in [0.15, 0.2) is 51.7 Å². The van der Waals surface area contributed by atoms with Crippen molar-refractivity contribution < 1.29 is 4.79 Å². The van der Waals surface area contributed by atoms with Crippen molar-refractivity contribution in [1.82, 2.24) is 19.1 Å². The van der Waals surface area contributed by atoms with Gasteiger partial charge in [-0.05, 0) is 24.3 Å². The largest absolute Gasteiger partial charge is 0.329 e. The number of H-pyrrole nitrogens is 1. The fourth-order valence-electron chi connectivity index (χ4n) is 2.47. The van der Waals surface area contributed by atoms with E-state index in [0.29, 0.717) is 22.3 Å². The number of aromatic amines is 1. The number of Topliss-reactive ketones (excluding diaryl/α,β-unsaturated/α-hetero) is 1. The van der Waals surface area contributed by atoms with E-state index < -0.39 is 11.2 Å². The molecule has 0 aliphatic rings. The minimum Gasteiger partial charge on any atom is -0.309 e. The number of hydrogen-bond donors (Lipinski definition) is 1. The normalized spacial score (nSPS) is 11.0. The summed E-state index contributed by atoms with van der Waals surface area (Å²) in [4.78, 5) is 43.0. The van der Waals surface area contributed by atoms with E-state index in [0.717, 1.165) is 0 Å². The van der Waals surface area contributed by atoms with Gasteiger partial charge in [0.1, 0.15) is 0 Å². The van der Waals surface area contributed by atoms with E-state index in [1.165, 1.54) is 23.4 Å². The molecule has 0 aliphatic carbocycles. The van der Waals surface area contributed by atoms with E-state index in [-0.39, 0.29) is 22.7 Å². The third-order valence-corrected chi connectivity index (χ3v) is 5.01. The summed E-state index contributed by atoms with van der Waals surface area (Å²) < 4.78 is 2.90. The summed E-state index contributed by atoms with van der Waals surface area (Å²) in [7, 11) is 1.53. The fourth-order valence-corrected chi connectivity index (χ4v) is 3.50. The number of carbonyl (C=O) groups excluding carboxylic acids is 1. The second-order valence-corrected chi connectivity index (χ2v) is 6.88. The van der Waals surface area contributed by atoms with Crippen LogP contribution in [0.25, 0.3) is 11.2 Å². The van der Waals surface area contributed by atoms with Gasteiger partial charge >= 0.3 is 5.69 Å². The molecular formula is C17H15ClN4O3S. The Kier molecular flexibility index (Phi) is 5.15. The first kappa shape index (κ1) is 18.2. The van der Waals surface area contributed by atoms with Crippen LogP contribution in [-0.2, 0) is 13.6 Å². The zero-order valence-electron chi connectivity index (χ0n) is 13.9. The fraction of sp³-hybridized carbons (Fsp3) is 0.176. The molecule has 3 aromatic rings. The van der Waals surface area contributed by atoms with Crippen LogP contribution in [0.5, 0.6) is 0 Å². The number of ketones is 1. The number of allylic oxidation sites excluding steroid dienone is 1. The molecule has 2 heterocycles. The summed E-state index contributed by atoms with van der Waals surface area (Å²) >= 11 is 7.03. The zero-order chi connectivity index (χ0) is 18.8. The molecule has 0 saturated carbocycles. The highest BCUT2D eigenvalue weighted by atomic mass is 35.5. The number of rotatable bonds is 6. The maximum atomic E-state index is 12.4. The maximum absolute atomic E-state index is 12.4. The Bertz CT molecular complexity index is 1110. The van der Waals surface area contributed by atoms with Crippen molar-refractivity contribution >= 4 is 40.3 Å². The van der Waals surface area contributed by atoms with E-state index in [9.17, 15) is 14.4 Å². The van der Waals surface area contributed by atoms with Crippen LogP contribution in [0, 0.1) is 0 Å². The van der Waals surface area contributed by atoms with Gasteiger partial charge in [-0.3, -0.25) is 19.1 Å². The Morgan fingerprint density at radius 3 is 2.69 bits per heavy atom. The molecule has 9 heteroatoms. The number of fused-ring (bicyclic) bond motifs is 1. The topological polar surface area (TPSA) is 89.8 Å². The second kappa shape index (κ2) is 7.35. The van der Waals surface area contributed by atoms with Crippen LogP contribution in [0.2, 0.25) is 5.02 Å². The molecular weight excluding hydrogens is 376 g/mol. The van der Waals surface area contributed by atoms with E-state index in [2.05, 4.69) is 16.5 Å². The number of aryl methyl sites for hydroxylation is 1. The van der Waals surface area contributed by atoms with Gasteiger partial charge in [-0.2, -0.15) is 0 Å². The van der Waals surface area contributed by atoms with Crippen LogP contribution >= 0.6 is 23.4 Å². The summed E-state index contributed by atoms with van der Waals surface area (Å²) in [5.41, 5.74) is 0.0156. The number of hydrogen-bond acceptors (Lipinski definition) is 5. The van der Waals surface area contributed by atoms with Crippen molar-refractivity contribution in [2.24, 2.45) is 7.05 Å². The summed E-state index contributed by atoms with van der Waals surface area (Å²) in [6.07, 6.45) is 1.62. The first-order chi connectivity index (χ1) is 12.4. The first-order valence-corrected chi connectivity index (χ1v) is 9.00. The highest BCUT2D eigenvalue weighted by molar-refractivity contribution is 7.99. The van der Waals surface area contributed by atoms with Crippen LogP contribution in [-0.4, -0.2) is 30.6 Å². The lowest BCUT2D eigenvalue weighted by atomic mass is 10.1. The van der Waals surface area contributed by atoms with Crippen molar-refractivity contribution in [3.05, 3.63) is 68.3 Å². The molecule has 0 bridgehead atoms. The lowest BCUT2D eigenvalue weighted by Gasteiger charge is -2.05. The standard InChI is InChI=1S/C17H15ClN4O3S/c1-3-8-22-13-14(21(2)16(25)20-15(13)24)19-17(22)26-9-12(23)10-4-6-11(18)7-5-10/h3-7H,1,8-9H2,2H3,(H,20,24,25). The summed E-state index contributed by atoms with van der Waals surface area (Å²) in [5.74, 6) is 0.0418. The highest BCUT2D eigenvalue weighted by Gasteiger charge is 2.18. The molecule has 3 rings (SSSR count). The highest BCUT2D eigenvalue weighted by Crippen LogP contribution is 2.23. The lowest BCUT2D eigenvalue weighted by Crippen LogP contribution is -2.29. The molecule has 134 valence electrons. The second-order valence-electron chi connectivity index (χ2n) is 5.50. The molecule has 0 amide bonds. The van der Waals surface area contributed by atoms with Gasteiger partial charge in [0, 0.05) is 24.2 Å². The summed E-state index contributed by atoms with van der Waals surface area (Å²) in [6, 6.07) is 6.63. The van der Waals surface area contributed by atoms with Gasteiger partial charge in [-0.15, -0.1) is 6.58 Å². The molecule has 0 fully saturated rings. The maximum Gasteiger partial charge on any atom is 0.329 e. The number of aromatic nitrogens is 4. The molecule has 0 spiro atoms. The average Bonchev–Trinajstić information content (AvgIpc) is 2.98. The molecule has 0 saturated heterocycles. The number of carbonyl (C=O) groups is 1. The number of imidazole rings is 1. The Hall–Kier alpha value is -2.58. The third kappa shape index (κ3) is 3.38. The monoisotopic (exact) mass is 390 g/mol. The number of thioether (sulfide) groups is 1. The number of benzene rings is 1. The molecule has 0 radical (unpaired) electrons. The molecule has 1 N–H and O–H groups in total. The van der Waals surface area contributed by atoms with Gasteiger partial charge < -0.3 is 4.57 Å². The smallest absolute Gasteiger partial charge is 0.309 e. The van der Waals surface area contributed by atoms with Gasteiger partial charge in [0.25, 0.3) is 5.56 Å². The average molecular weight is 391 g/mol. The van der Waals surface area contributed by atoms with Crippen LogP contribution < -0.4 is 11.2 Å². The summed E-state index contributed by atoms with van der Waals surface area (Å²) in [6.45, 7) is 4.01. The molecule has 2 aromatic heterocycles. The Morgan fingerprint density at radius 2 is 2.04 bits per heavy atom. The number of halogens is 1. The minimum atomic E-state index is -0.542. The first-order valence-electron chi connectivity index (χ1n) is 7.64. The molecule has 0 unspecified atom stereocenters. The van der Waals surface area contributed by atoms with Crippen molar-refractivity contribution in [3.8, 4) is 0 Å². The molecule has 1 aromatic carbocycles. The predicted molar refractivity (Wildman–Crippen MR) is 102 cm³/mol. The Labute approximate surface area is 157 Å². The van der Waals surface area contributed by atoms with Crippen molar-refractivity contribution in [3.63, 3.8) is 0 Å². The van der Waals surface area contributed by atoms with Crippen molar-refractivity contribution in [1.29, 1.82) is 0 Å². The number of nitrogens with one attached hydrogen (secondary N) is 1. The van der Waals surface area contributed by atoms with Gasteiger partial charge in [0.15, 0.2) is 22.1 Å². The zero-order valence-corrected chi connectivity index (χ0v) is 15.4. The molecule has 26 heavy (non-hydrogen) atoms. The van der Waals surface area contributed by atoms with Crippen molar-refractivity contribution in [2.75, 3.05) is 5.75 Å².